The van der Waals surface area contributed by atoms with Crippen LogP contribution in [-0.2, 0) is 0 Å². The Morgan fingerprint density at radius 3 is 1.20 bits per heavy atom. The molecule has 0 aliphatic rings. The highest BCUT2D eigenvalue weighted by Gasteiger charge is 2.15. The van der Waals surface area contributed by atoms with Gasteiger partial charge in [-0.3, -0.25) is 0 Å². The van der Waals surface area contributed by atoms with E-state index < -0.39 is 0 Å². The molecule has 252 valence electrons. The number of rotatable bonds is 7. The standard InChI is InChI=1S/C50H32N4/c51-33-34-10-9-15-43(30-34)50-49(53-45-16-7-8-17-46(45)54-50)42-28-24-39(25-29-42)37-20-18-36(19-21-37)38-22-26-41(27-23-38)48-32-44(35-11-3-1-4-12-35)31-47(52-48)40-13-5-2-6-14-40/h1-32H. The molecule has 7 aromatic carbocycles. The van der Waals surface area contributed by atoms with Crippen molar-refractivity contribution in [3.63, 3.8) is 0 Å². The molecular formula is C50H32N4. The van der Waals surface area contributed by atoms with Crippen LogP contribution < -0.4 is 0 Å². The first kappa shape index (κ1) is 32.4. The number of hydrogen-bond acceptors (Lipinski definition) is 4. The van der Waals surface area contributed by atoms with Gasteiger partial charge >= 0.3 is 0 Å². The van der Waals surface area contributed by atoms with Crippen LogP contribution in [0, 0.1) is 11.3 Å². The van der Waals surface area contributed by atoms with E-state index in [4.69, 9.17) is 15.0 Å². The molecule has 9 aromatic rings. The second kappa shape index (κ2) is 14.3. The van der Waals surface area contributed by atoms with Crippen LogP contribution in [0.25, 0.3) is 89.4 Å². The van der Waals surface area contributed by atoms with Gasteiger partial charge in [0, 0.05) is 22.3 Å². The summed E-state index contributed by atoms with van der Waals surface area (Å²) in [6.07, 6.45) is 0. The number of benzene rings is 7. The van der Waals surface area contributed by atoms with Gasteiger partial charge in [-0.2, -0.15) is 5.26 Å². The predicted molar refractivity (Wildman–Crippen MR) is 220 cm³/mol. The molecule has 2 aromatic heterocycles. The van der Waals surface area contributed by atoms with Gasteiger partial charge in [0.2, 0.25) is 0 Å². The Balaban J connectivity index is 0.986. The second-order valence-corrected chi connectivity index (χ2v) is 13.2. The number of hydrogen-bond donors (Lipinski definition) is 0. The number of aromatic nitrogens is 3. The van der Waals surface area contributed by atoms with Crippen molar-refractivity contribution in [1.29, 1.82) is 5.26 Å². The number of nitriles is 1. The van der Waals surface area contributed by atoms with Crippen LogP contribution in [0.2, 0.25) is 0 Å². The molecule has 0 saturated carbocycles. The minimum atomic E-state index is 0.589. The summed E-state index contributed by atoms with van der Waals surface area (Å²) in [6.45, 7) is 0. The van der Waals surface area contributed by atoms with Gasteiger partial charge < -0.3 is 0 Å². The summed E-state index contributed by atoms with van der Waals surface area (Å²) in [5.74, 6) is 0. The van der Waals surface area contributed by atoms with Crippen molar-refractivity contribution in [2.24, 2.45) is 0 Å². The smallest absolute Gasteiger partial charge is 0.0991 e. The fraction of sp³-hybridized carbons (Fsp3) is 0. The summed E-state index contributed by atoms with van der Waals surface area (Å²) < 4.78 is 0. The third-order valence-electron chi connectivity index (χ3n) is 9.73. The fourth-order valence-electron chi connectivity index (χ4n) is 6.88. The topological polar surface area (TPSA) is 62.5 Å². The Morgan fingerprint density at radius 2 is 0.685 bits per heavy atom. The molecule has 0 amide bonds. The average Bonchev–Trinajstić information content (AvgIpc) is 3.26. The van der Waals surface area contributed by atoms with Crippen LogP contribution >= 0.6 is 0 Å². The summed E-state index contributed by atoms with van der Waals surface area (Å²) in [7, 11) is 0. The van der Waals surface area contributed by atoms with E-state index in [1.165, 1.54) is 5.56 Å². The molecule has 4 heteroatoms. The van der Waals surface area contributed by atoms with Crippen molar-refractivity contribution in [2.45, 2.75) is 0 Å². The van der Waals surface area contributed by atoms with E-state index in [0.717, 1.165) is 83.9 Å². The lowest BCUT2D eigenvalue weighted by molar-refractivity contribution is 1.29. The molecule has 9 rings (SSSR count). The van der Waals surface area contributed by atoms with Crippen LogP contribution in [0.5, 0.6) is 0 Å². The van der Waals surface area contributed by atoms with Crippen molar-refractivity contribution in [3.05, 3.63) is 200 Å². The maximum atomic E-state index is 9.54. The number of nitrogens with zero attached hydrogens (tertiary/aromatic N) is 4. The summed E-state index contributed by atoms with van der Waals surface area (Å²) in [5.41, 5.74) is 16.5. The molecule has 54 heavy (non-hydrogen) atoms. The van der Waals surface area contributed by atoms with Gasteiger partial charge in [0.15, 0.2) is 0 Å². The van der Waals surface area contributed by atoms with E-state index in [0.29, 0.717) is 5.56 Å². The van der Waals surface area contributed by atoms with Crippen molar-refractivity contribution >= 4 is 11.0 Å². The third-order valence-corrected chi connectivity index (χ3v) is 9.73. The molecule has 0 aliphatic heterocycles. The van der Waals surface area contributed by atoms with E-state index in [2.05, 4.69) is 140 Å². The van der Waals surface area contributed by atoms with E-state index in [9.17, 15) is 5.26 Å². The first-order valence-electron chi connectivity index (χ1n) is 17.9. The van der Waals surface area contributed by atoms with Gasteiger partial charge in [-0.1, -0.05) is 158 Å². The molecule has 0 fully saturated rings. The van der Waals surface area contributed by atoms with Crippen molar-refractivity contribution < 1.29 is 0 Å². The van der Waals surface area contributed by atoms with Gasteiger partial charge in [-0.25, -0.2) is 15.0 Å². The maximum absolute atomic E-state index is 9.54. The third kappa shape index (κ3) is 6.54. The van der Waals surface area contributed by atoms with Gasteiger partial charge in [0.05, 0.1) is 45.4 Å². The lowest BCUT2D eigenvalue weighted by Gasteiger charge is -2.12. The molecule has 2 heterocycles. The van der Waals surface area contributed by atoms with Crippen LogP contribution in [0.3, 0.4) is 0 Å². The fourth-order valence-corrected chi connectivity index (χ4v) is 6.88. The summed E-state index contributed by atoms with van der Waals surface area (Å²) in [5, 5.41) is 9.54. The Morgan fingerprint density at radius 1 is 0.296 bits per heavy atom. The Hall–Kier alpha value is -7.48. The quantitative estimate of drug-likeness (QED) is 0.167. The number of para-hydroxylation sites is 2. The minimum absolute atomic E-state index is 0.589. The monoisotopic (exact) mass is 688 g/mol. The normalized spacial score (nSPS) is 10.9. The van der Waals surface area contributed by atoms with E-state index in [-0.39, 0.29) is 0 Å². The van der Waals surface area contributed by atoms with Crippen molar-refractivity contribution in [2.75, 3.05) is 0 Å². The Labute approximate surface area is 314 Å². The first-order valence-corrected chi connectivity index (χ1v) is 17.9. The van der Waals surface area contributed by atoms with Crippen LogP contribution in [0.1, 0.15) is 5.56 Å². The summed E-state index contributed by atoms with van der Waals surface area (Å²) >= 11 is 0. The van der Waals surface area contributed by atoms with Gasteiger partial charge in [-0.15, -0.1) is 0 Å². The number of pyridine rings is 1. The second-order valence-electron chi connectivity index (χ2n) is 13.2. The van der Waals surface area contributed by atoms with Crippen LogP contribution in [0.4, 0.5) is 0 Å². The molecule has 0 atom stereocenters. The zero-order valence-electron chi connectivity index (χ0n) is 29.3. The average molecular weight is 689 g/mol. The molecule has 0 saturated heterocycles. The van der Waals surface area contributed by atoms with Gasteiger partial charge in [0.25, 0.3) is 0 Å². The van der Waals surface area contributed by atoms with Gasteiger partial charge in [-0.05, 0) is 69.8 Å². The summed E-state index contributed by atoms with van der Waals surface area (Å²) in [6, 6.07) is 68.7. The highest BCUT2D eigenvalue weighted by Crippen LogP contribution is 2.35. The molecular weight excluding hydrogens is 657 g/mol. The van der Waals surface area contributed by atoms with Gasteiger partial charge in [0.1, 0.15) is 0 Å². The van der Waals surface area contributed by atoms with Crippen molar-refractivity contribution in [3.8, 4) is 84.5 Å². The first-order chi connectivity index (χ1) is 26.7. The minimum Gasteiger partial charge on any atom is -0.248 e. The lowest BCUT2D eigenvalue weighted by Crippen LogP contribution is -1.96. The Kier molecular flexibility index (Phi) is 8.57. The lowest BCUT2D eigenvalue weighted by atomic mass is 9.96. The zero-order chi connectivity index (χ0) is 36.3. The predicted octanol–water partition coefficient (Wildman–Crippen LogP) is 12.6. The molecule has 0 aliphatic carbocycles. The van der Waals surface area contributed by atoms with Crippen LogP contribution in [-0.4, -0.2) is 15.0 Å². The molecule has 0 bridgehead atoms. The molecule has 0 unspecified atom stereocenters. The van der Waals surface area contributed by atoms with Crippen LogP contribution in [0.15, 0.2) is 194 Å². The van der Waals surface area contributed by atoms with E-state index in [1.54, 1.807) is 6.07 Å². The maximum Gasteiger partial charge on any atom is 0.0991 e. The van der Waals surface area contributed by atoms with E-state index >= 15 is 0 Å². The highest BCUT2D eigenvalue weighted by atomic mass is 14.8. The molecule has 0 radical (unpaired) electrons. The van der Waals surface area contributed by atoms with E-state index in [1.807, 2.05) is 54.6 Å². The SMILES string of the molecule is N#Cc1cccc(-c2nc3ccccc3nc2-c2ccc(-c3ccc(-c4ccc(-c5cc(-c6ccccc6)cc(-c6ccccc6)n5)cc4)cc3)cc2)c1. The zero-order valence-corrected chi connectivity index (χ0v) is 29.3. The summed E-state index contributed by atoms with van der Waals surface area (Å²) in [4.78, 5) is 15.1. The molecule has 0 N–H and O–H groups in total. The van der Waals surface area contributed by atoms with Crippen molar-refractivity contribution in [1.82, 2.24) is 15.0 Å². The molecule has 4 nitrogen and oxygen atoms in total. The molecule has 0 spiro atoms. The number of fused-ring (bicyclic) bond motifs is 1. The largest absolute Gasteiger partial charge is 0.248 e. The Bertz CT molecular complexity index is 2730. The highest BCUT2D eigenvalue weighted by molar-refractivity contribution is 5.87.